The number of hydrogen-bond acceptors (Lipinski definition) is 4. The molecule has 1 aromatic rings. The largest absolute Gasteiger partial charge is 0.478 e. The van der Waals surface area contributed by atoms with Crippen molar-refractivity contribution >= 4 is 17.7 Å². The summed E-state index contributed by atoms with van der Waals surface area (Å²) < 4.78 is 5.38. The van der Waals surface area contributed by atoms with E-state index in [1.54, 1.807) is 13.0 Å². The molecule has 1 heterocycles. The molecule has 1 rings (SSSR count). The Morgan fingerprint density at radius 1 is 1.65 bits per heavy atom. The maximum atomic E-state index is 10.8. The fourth-order valence-corrected chi connectivity index (χ4v) is 2.10. The predicted molar refractivity (Wildman–Crippen MR) is 69.7 cm³/mol. The van der Waals surface area contributed by atoms with E-state index in [-0.39, 0.29) is 5.56 Å². The number of nitrogens with one attached hydrogen (secondary N) is 1. The zero-order valence-electron chi connectivity index (χ0n) is 10.4. The van der Waals surface area contributed by atoms with Gasteiger partial charge in [0.1, 0.15) is 17.1 Å². The van der Waals surface area contributed by atoms with Crippen molar-refractivity contribution in [2.45, 2.75) is 32.9 Å². The third-order valence-corrected chi connectivity index (χ3v) is 3.22. The molecule has 0 amide bonds. The minimum Gasteiger partial charge on any atom is -0.478 e. The minimum absolute atomic E-state index is 0.249. The minimum atomic E-state index is -0.937. The van der Waals surface area contributed by atoms with Crippen LogP contribution in [0.15, 0.2) is 10.5 Å². The summed E-state index contributed by atoms with van der Waals surface area (Å²) in [5, 5.41) is 12.2. The molecule has 0 aliphatic rings. The standard InChI is InChI=1S/C12H19NO3S/c1-8(4-5-17-3)13-7-10-6-11(12(14)15)9(2)16-10/h6,8,13H,4-5,7H2,1-3H3,(H,14,15). The highest BCUT2D eigenvalue weighted by atomic mass is 32.2. The van der Waals surface area contributed by atoms with Gasteiger partial charge in [0, 0.05) is 6.04 Å². The van der Waals surface area contributed by atoms with Gasteiger partial charge in [0.25, 0.3) is 0 Å². The Kier molecular flexibility index (Phi) is 5.58. The maximum Gasteiger partial charge on any atom is 0.339 e. The molecule has 1 atom stereocenters. The van der Waals surface area contributed by atoms with E-state index in [9.17, 15) is 4.79 Å². The van der Waals surface area contributed by atoms with Crippen LogP contribution in [0, 0.1) is 6.92 Å². The number of carbonyl (C=O) groups is 1. The van der Waals surface area contributed by atoms with Crippen molar-refractivity contribution in [1.82, 2.24) is 5.32 Å². The van der Waals surface area contributed by atoms with E-state index >= 15 is 0 Å². The molecule has 0 aliphatic heterocycles. The highest BCUT2D eigenvalue weighted by molar-refractivity contribution is 7.98. The molecule has 0 saturated carbocycles. The van der Waals surface area contributed by atoms with Gasteiger partial charge in [-0.25, -0.2) is 4.79 Å². The average molecular weight is 257 g/mol. The first-order valence-electron chi connectivity index (χ1n) is 5.59. The zero-order chi connectivity index (χ0) is 12.8. The lowest BCUT2D eigenvalue weighted by atomic mass is 10.2. The van der Waals surface area contributed by atoms with Crippen LogP contribution in [0.5, 0.6) is 0 Å². The van der Waals surface area contributed by atoms with Crippen molar-refractivity contribution < 1.29 is 14.3 Å². The molecule has 1 aromatic heterocycles. The van der Waals surface area contributed by atoms with Gasteiger partial charge in [0.05, 0.1) is 6.54 Å². The summed E-state index contributed by atoms with van der Waals surface area (Å²) in [6.45, 7) is 4.36. The molecule has 96 valence electrons. The van der Waals surface area contributed by atoms with Crippen molar-refractivity contribution in [3.05, 3.63) is 23.2 Å². The molecule has 4 nitrogen and oxygen atoms in total. The maximum absolute atomic E-state index is 10.8. The van der Waals surface area contributed by atoms with E-state index in [4.69, 9.17) is 9.52 Å². The van der Waals surface area contributed by atoms with E-state index in [0.717, 1.165) is 12.2 Å². The van der Waals surface area contributed by atoms with Crippen molar-refractivity contribution in [3.63, 3.8) is 0 Å². The second-order valence-corrected chi connectivity index (χ2v) is 5.04. The molecule has 2 N–H and O–H groups in total. The monoisotopic (exact) mass is 257 g/mol. The van der Waals surface area contributed by atoms with Gasteiger partial charge in [0.15, 0.2) is 0 Å². The van der Waals surface area contributed by atoms with E-state index in [1.807, 2.05) is 11.8 Å². The Balaban J connectivity index is 2.47. The van der Waals surface area contributed by atoms with Crippen molar-refractivity contribution in [2.24, 2.45) is 0 Å². The van der Waals surface area contributed by atoms with Crippen LogP contribution in [0.2, 0.25) is 0 Å². The highest BCUT2D eigenvalue weighted by Gasteiger charge is 2.13. The fourth-order valence-electron chi connectivity index (χ4n) is 1.51. The topological polar surface area (TPSA) is 62.5 Å². The van der Waals surface area contributed by atoms with Crippen LogP contribution in [0.3, 0.4) is 0 Å². The van der Waals surface area contributed by atoms with Crippen molar-refractivity contribution in [1.29, 1.82) is 0 Å². The van der Waals surface area contributed by atoms with E-state index in [2.05, 4.69) is 18.5 Å². The van der Waals surface area contributed by atoms with Gasteiger partial charge in [-0.3, -0.25) is 0 Å². The van der Waals surface area contributed by atoms with Crippen LogP contribution in [-0.2, 0) is 6.54 Å². The smallest absolute Gasteiger partial charge is 0.339 e. The first-order valence-corrected chi connectivity index (χ1v) is 6.99. The first-order chi connectivity index (χ1) is 8.04. The van der Waals surface area contributed by atoms with Crippen LogP contribution in [0.1, 0.15) is 35.2 Å². The van der Waals surface area contributed by atoms with Gasteiger partial charge in [0.2, 0.25) is 0 Å². The SMILES string of the molecule is CSCCC(C)NCc1cc(C(=O)O)c(C)o1. The summed E-state index contributed by atoms with van der Waals surface area (Å²) in [6, 6.07) is 1.99. The second-order valence-electron chi connectivity index (χ2n) is 4.05. The van der Waals surface area contributed by atoms with Gasteiger partial charge in [-0.05, 0) is 38.3 Å². The van der Waals surface area contributed by atoms with Crippen molar-refractivity contribution in [2.75, 3.05) is 12.0 Å². The van der Waals surface area contributed by atoms with Gasteiger partial charge in [-0.2, -0.15) is 11.8 Å². The number of aryl methyl sites for hydroxylation is 1. The van der Waals surface area contributed by atoms with E-state index in [0.29, 0.717) is 24.1 Å². The number of furan rings is 1. The Labute approximate surface area is 106 Å². The first kappa shape index (κ1) is 14.1. The average Bonchev–Trinajstić information content (AvgIpc) is 2.65. The van der Waals surface area contributed by atoms with E-state index in [1.165, 1.54) is 0 Å². The quantitative estimate of drug-likeness (QED) is 0.786. The summed E-state index contributed by atoms with van der Waals surface area (Å²) in [5.74, 6) is 1.32. The lowest BCUT2D eigenvalue weighted by molar-refractivity contribution is 0.0695. The summed E-state index contributed by atoms with van der Waals surface area (Å²) >= 11 is 1.82. The normalized spacial score (nSPS) is 12.6. The number of carboxylic acids is 1. The van der Waals surface area contributed by atoms with Crippen LogP contribution in [0.4, 0.5) is 0 Å². The number of rotatable bonds is 7. The van der Waals surface area contributed by atoms with Crippen LogP contribution < -0.4 is 5.32 Å². The summed E-state index contributed by atoms with van der Waals surface area (Å²) in [7, 11) is 0. The molecule has 1 unspecified atom stereocenters. The van der Waals surface area contributed by atoms with Crippen LogP contribution >= 0.6 is 11.8 Å². The molecule has 5 heteroatoms. The lowest BCUT2D eigenvalue weighted by Gasteiger charge is -2.11. The molecule has 0 bridgehead atoms. The molecule has 0 aliphatic carbocycles. The van der Waals surface area contributed by atoms with Gasteiger partial charge < -0.3 is 14.8 Å². The van der Waals surface area contributed by atoms with Gasteiger partial charge >= 0.3 is 5.97 Å². The van der Waals surface area contributed by atoms with Gasteiger partial charge in [-0.1, -0.05) is 0 Å². The molecule has 0 fully saturated rings. The molecule has 0 radical (unpaired) electrons. The molecule has 0 saturated heterocycles. The van der Waals surface area contributed by atoms with E-state index < -0.39 is 5.97 Å². The summed E-state index contributed by atoms with van der Waals surface area (Å²) in [6.07, 6.45) is 3.17. The predicted octanol–water partition coefficient (Wildman–Crippen LogP) is 2.52. The number of aromatic carboxylic acids is 1. The number of thioether (sulfide) groups is 1. The Bertz CT molecular complexity index is 376. The zero-order valence-corrected chi connectivity index (χ0v) is 11.3. The number of carboxylic acid groups (broad SMARTS) is 1. The highest BCUT2D eigenvalue weighted by Crippen LogP contribution is 2.14. The summed E-state index contributed by atoms with van der Waals surface area (Å²) in [5.41, 5.74) is 0.249. The van der Waals surface area contributed by atoms with Gasteiger partial charge in [-0.15, -0.1) is 0 Å². The lowest BCUT2D eigenvalue weighted by Crippen LogP contribution is -2.25. The molecular formula is C12H19NO3S. The fraction of sp³-hybridized carbons (Fsp3) is 0.583. The Morgan fingerprint density at radius 3 is 2.88 bits per heavy atom. The summed E-state index contributed by atoms with van der Waals surface area (Å²) in [4.78, 5) is 10.8. The second kappa shape index (κ2) is 6.71. The van der Waals surface area contributed by atoms with Crippen LogP contribution in [0.25, 0.3) is 0 Å². The molecular weight excluding hydrogens is 238 g/mol. The third kappa shape index (κ3) is 4.44. The molecule has 0 aromatic carbocycles. The van der Waals surface area contributed by atoms with Crippen molar-refractivity contribution in [3.8, 4) is 0 Å². The molecule has 17 heavy (non-hydrogen) atoms. The number of hydrogen-bond donors (Lipinski definition) is 2. The Morgan fingerprint density at radius 2 is 2.35 bits per heavy atom. The van der Waals surface area contributed by atoms with Crippen LogP contribution in [-0.4, -0.2) is 29.1 Å². The Hall–Kier alpha value is -0.940. The molecule has 0 spiro atoms. The third-order valence-electron chi connectivity index (χ3n) is 2.58.